The van der Waals surface area contributed by atoms with Crippen LogP contribution in [0.2, 0.25) is 5.02 Å². The number of amides is 4. The summed E-state index contributed by atoms with van der Waals surface area (Å²) in [7, 11) is 0. The molecule has 1 unspecified atom stereocenters. The van der Waals surface area contributed by atoms with Gasteiger partial charge in [0.1, 0.15) is 29.0 Å². The van der Waals surface area contributed by atoms with Crippen molar-refractivity contribution >= 4 is 63.6 Å². The lowest BCUT2D eigenvalue weighted by molar-refractivity contribution is -0.144. The molecule has 3 saturated heterocycles. The summed E-state index contributed by atoms with van der Waals surface area (Å²) in [6.45, 7) is 20.4. The van der Waals surface area contributed by atoms with Gasteiger partial charge in [-0.1, -0.05) is 68.8 Å². The summed E-state index contributed by atoms with van der Waals surface area (Å²) in [6, 6.07) is 13.6. The van der Waals surface area contributed by atoms with Gasteiger partial charge < -0.3 is 25.5 Å². The molecule has 0 bridgehead atoms. The van der Waals surface area contributed by atoms with E-state index in [4.69, 9.17) is 16.6 Å². The Morgan fingerprint density at radius 2 is 1.61 bits per heavy atom. The number of piperidine rings is 1. The largest absolute Gasteiger partial charge is 0.396 e. The van der Waals surface area contributed by atoms with Crippen LogP contribution in [0.1, 0.15) is 116 Å². The molecule has 4 aliphatic rings. The van der Waals surface area contributed by atoms with Crippen LogP contribution in [-0.4, -0.2) is 151 Å². The van der Waals surface area contributed by atoms with Crippen LogP contribution in [0.4, 0.5) is 0 Å². The van der Waals surface area contributed by atoms with E-state index in [1.54, 1.807) is 27.6 Å². The number of nitrogens with one attached hydrogen (secondary N) is 2. The highest BCUT2D eigenvalue weighted by Crippen LogP contribution is 2.40. The minimum absolute atomic E-state index is 0.0425. The molecule has 5 aromatic rings. The number of aryl methyl sites for hydroxylation is 3. The third kappa shape index (κ3) is 11.4. The SMILES string of the molecule is Cc1ncsc1-c1ccc([C@H](C)NC(=O)[C@@H]2C[C@@H](CO)CN2C(=O)C(NC(=O)CN2CCC(N3CCCN(C(=O)C[C@@H]4N=C(c5ccc(Cl)cc5)c5c(sc(C)c5C)-n5c(C)nnc54)CC3)CC2)C(C)(C)C)cc1. The molecule has 3 N–H and O–H groups in total. The molecule has 74 heavy (non-hydrogen) atoms. The predicted octanol–water partition coefficient (Wildman–Crippen LogP) is 7.24. The first-order chi connectivity index (χ1) is 35.4. The molecule has 4 aliphatic heterocycles. The van der Waals surface area contributed by atoms with Crippen LogP contribution < -0.4 is 10.6 Å². The van der Waals surface area contributed by atoms with E-state index in [1.807, 2.05) is 100 Å². The Hall–Kier alpha value is -5.37. The number of carbonyl (C=O) groups is 4. The summed E-state index contributed by atoms with van der Waals surface area (Å²) in [5.41, 5.74) is 8.10. The van der Waals surface area contributed by atoms with E-state index in [1.165, 1.54) is 4.88 Å². The van der Waals surface area contributed by atoms with Crippen LogP contribution in [0.3, 0.4) is 0 Å². The molecule has 4 amide bonds. The van der Waals surface area contributed by atoms with Crippen molar-refractivity contribution in [3.05, 3.63) is 104 Å². The normalized spacial score (nSPS) is 20.8. The summed E-state index contributed by atoms with van der Waals surface area (Å²) in [5, 5.41) is 27.2. The summed E-state index contributed by atoms with van der Waals surface area (Å²) >= 11 is 9.60. The molecule has 3 aromatic heterocycles. The number of fused-ring (bicyclic) bond motifs is 3. The Balaban J connectivity index is 0.782. The number of aromatic nitrogens is 4. The number of likely N-dealkylation sites (tertiary alicyclic amines) is 2. The van der Waals surface area contributed by atoms with Gasteiger partial charge in [0.15, 0.2) is 5.82 Å². The van der Waals surface area contributed by atoms with Gasteiger partial charge in [-0.3, -0.25) is 38.5 Å². The highest BCUT2D eigenvalue weighted by Gasteiger charge is 2.45. The molecule has 0 saturated carbocycles. The second kappa shape index (κ2) is 22.5. The van der Waals surface area contributed by atoms with Crippen LogP contribution in [0.5, 0.6) is 0 Å². The molecular weight excluding hydrogens is 994 g/mol. The number of hydrogen-bond donors (Lipinski definition) is 3. The summed E-state index contributed by atoms with van der Waals surface area (Å²) in [5.74, 6) is 0.364. The summed E-state index contributed by atoms with van der Waals surface area (Å²) in [6.07, 6.45) is 3.12. The first-order valence-electron chi connectivity index (χ1n) is 26.0. The van der Waals surface area contributed by atoms with Crippen molar-refractivity contribution in [1.29, 1.82) is 0 Å². The van der Waals surface area contributed by atoms with Crippen LogP contribution >= 0.6 is 34.3 Å². The number of aliphatic hydroxyl groups excluding tert-OH is 1. The van der Waals surface area contributed by atoms with E-state index in [2.05, 4.69) is 54.0 Å². The Morgan fingerprint density at radius 3 is 2.28 bits per heavy atom. The fourth-order valence-electron chi connectivity index (χ4n) is 11.1. The van der Waals surface area contributed by atoms with Crippen LogP contribution in [-0.2, 0) is 19.2 Å². The number of benzene rings is 2. The average Bonchev–Trinajstić information content (AvgIpc) is 4.11. The molecule has 2 aromatic carbocycles. The molecule has 19 heteroatoms. The molecule has 16 nitrogen and oxygen atoms in total. The van der Waals surface area contributed by atoms with Crippen LogP contribution in [0.25, 0.3) is 15.4 Å². The third-order valence-electron chi connectivity index (χ3n) is 15.5. The zero-order chi connectivity index (χ0) is 52.6. The van der Waals surface area contributed by atoms with Crippen molar-refractivity contribution in [2.45, 2.75) is 118 Å². The predicted molar refractivity (Wildman–Crippen MR) is 291 cm³/mol. The third-order valence-corrected chi connectivity index (χ3v) is 17.9. The monoisotopic (exact) mass is 1060 g/mol. The highest BCUT2D eigenvalue weighted by molar-refractivity contribution is 7.15. The van der Waals surface area contributed by atoms with Crippen molar-refractivity contribution in [3.63, 3.8) is 0 Å². The standard InChI is InChI=1S/C55H70ClN11O5S2/c1-32-35(4)74-54-47(32)48(39-14-16-41(56)17-15-39)59-43(51-62-61-36(5)67(51)54)27-46(70)65-21-9-20-64(24-25-65)42-18-22-63(23-19-42)29-45(69)60-50(55(6,7)8)53(72)66-28-37(30-68)26-44(66)52(71)58-33(2)38-10-12-40(13-11-38)49-34(3)57-31-73-49/h10-17,31,33,37,42-44,50,68H,9,18-30H2,1-8H3,(H,58,71)(H,60,69)/t33-,37+,43-,44-,50?/m0/s1. The van der Waals surface area contributed by atoms with Crippen molar-refractivity contribution in [2.75, 3.05) is 59.0 Å². The molecular formula is C55H70ClN11O5S2. The topological polar surface area (TPSA) is 181 Å². The van der Waals surface area contributed by atoms with Gasteiger partial charge in [0.2, 0.25) is 23.6 Å². The maximum absolute atomic E-state index is 14.5. The van der Waals surface area contributed by atoms with E-state index >= 15 is 0 Å². The Labute approximate surface area is 447 Å². The van der Waals surface area contributed by atoms with E-state index in [0.717, 1.165) is 100 Å². The zero-order valence-electron chi connectivity index (χ0n) is 43.9. The number of halogens is 1. The number of thiazole rings is 1. The van der Waals surface area contributed by atoms with E-state index in [9.17, 15) is 24.3 Å². The number of nitrogens with zero attached hydrogens (tertiary/aromatic N) is 9. The van der Waals surface area contributed by atoms with Gasteiger partial charge in [-0.2, -0.15) is 0 Å². The smallest absolute Gasteiger partial charge is 0.246 e. The van der Waals surface area contributed by atoms with Crippen LogP contribution in [0, 0.1) is 39.0 Å². The molecule has 394 valence electrons. The first kappa shape index (κ1) is 53.5. The first-order valence-corrected chi connectivity index (χ1v) is 28.1. The fourth-order valence-corrected chi connectivity index (χ4v) is 13.2. The number of carbonyl (C=O) groups excluding carboxylic acids is 4. The molecule has 0 aliphatic carbocycles. The fraction of sp³-hybridized carbons (Fsp3) is 0.527. The summed E-state index contributed by atoms with van der Waals surface area (Å²) < 4.78 is 2.08. The van der Waals surface area contributed by atoms with Crippen molar-refractivity contribution in [2.24, 2.45) is 16.3 Å². The van der Waals surface area contributed by atoms with Gasteiger partial charge in [-0.05, 0) is 94.5 Å². The Morgan fingerprint density at radius 1 is 0.892 bits per heavy atom. The molecule has 0 spiro atoms. The average molecular weight is 1060 g/mol. The number of aliphatic hydroxyl groups is 1. The van der Waals surface area contributed by atoms with Gasteiger partial charge >= 0.3 is 0 Å². The van der Waals surface area contributed by atoms with Gasteiger partial charge in [0.05, 0.1) is 40.8 Å². The van der Waals surface area contributed by atoms with E-state index in [0.29, 0.717) is 36.4 Å². The highest BCUT2D eigenvalue weighted by atomic mass is 35.5. The lowest BCUT2D eigenvalue weighted by Crippen LogP contribution is -2.59. The Bertz CT molecular complexity index is 2880. The number of thiophene rings is 1. The van der Waals surface area contributed by atoms with Gasteiger partial charge in [-0.25, -0.2) is 4.98 Å². The minimum atomic E-state index is -0.882. The second-order valence-electron chi connectivity index (χ2n) is 21.7. The molecule has 9 rings (SSSR count). The number of aliphatic imine (C=N–C) groups is 1. The van der Waals surface area contributed by atoms with Crippen LogP contribution in [0.15, 0.2) is 59.0 Å². The van der Waals surface area contributed by atoms with Crippen molar-refractivity contribution in [1.82, 2.24) is 50.0 Å². The van der Waals surface area contributed by atoms with Gasteiger partial charge in [0.25, 0.3) is 0 Å². The molecule has 7 heterocycles. The lowest BCUT2D eigenvalue weighted by atomic mass is 9.85. The lowest BCUT2D eigenvalue weighted by Gasteiger charge is -2.39. The van der Waals surface area contributed by atoms with Crippen molar-refractivity contribution in [3.8, 4) is 15.4 Å². The summed E-state index contributed by atoms with van der Waals surface area (Å²) in [4.78, 5) is 76.9. The number of hydrogen-bond acceptors (Lipinski definition) is 13. The number of rotatable bonds is 13. The maximum atomic E-state index is 14.5. The second-order valence-corrected chi connectivity index (χ2v) is 24.2. The Kier molecular flexibility index (Phi) is 16.2. The van der Waals surface area contributed by atoms with Gasteiger partial charge in [-0.15, -0.1) is 32.9 Å². The van der Waals surface area contributed by atoms with E-state index < -0.39 is 23.5 Å². The zero-order valence-corrected chi connectivity index (χ0v) is 46.2. The molecule has 0 radical (unpaired) electrons. The molecule has 5 atom stereocenters. The van der Waals surface area contributed by atoms with Crippen molar-refractivity contribution < 1.29 is 24.3 Å². The van der Waals surface area contributed by atoms with E-state index in [-0.39, 0.29) is 61.7 Å². The quantitative estimate of drug-likeness (QED) is 0.109. The molecule has 3 fully saturated rings. The maximum Gasteiger partial charge on any atom is 0.246 e. The van der Waals surface area contributed by atoms with Gasteiger partial charge in [0, 0.05) is 85.4 Å². The minimum Gasteiger partial charge on any atom is -0.396 e.